The summed E-state index contributed by atoms with van der Waals surface area (Å²) < 4.78 is 18.8. The van der Waals surface area contributed by atoms with Crippen LogP contribution in [0.3, 0.4) is 0 Å². The summed E-state index contributed by atoms with van der Waals surface area (Å²) in [6.07, 6.45) is 0. The van der Waals surface area contributed by atoms with Crippen LogP contribution < -0.4 is 10.5 Å². The maximum absolute atomic E-state index is 13.3. The molecule has 0 unspecified atom stereocenters. The Balaban J connectivity index is 2.26. The summed E-state index contributed by atoms with van der Waals surface area (Å²) in [6, 6.07) is 12.1. The van der Waals surface area contributed by atoms with E-state index in [1.165, 1.54) is 12.1 Å². The molecule has 0 heterocycles. The third kappa shape index (κ3) is 3.04. The van der Waals surface area contributed by atoms with Crippen LogP contribution in [0.5, 0.6) is 11.5 Å². The number of benzene rings is 2. The van der Waals surface area contributed by atoms with Crippen molar-refractivity contribution in [2.24, 2.45) is 5.73 Å². The first-order chi connectivity index (χ1) is 8.17. The molecule has 2 N–H and O–H groups in total. The average Bonchev–Trinajstić information content (AvgIpc) is 2.28. The van der Waals surface area contributed by atoms with Gasteiger partial charge in [-0.3, -0.25) is 0 Å². The maximum atomic E-state index is 13.3. The number of halogens is 1. The number of hydrogen-bond acceptors (Lipinski definition) is 2. The van der Waals surface area contributed by atoms with Crippen LogP contribution in [0, 0.1) is 12.7 Å². The summed E-state index contributed by atoms with van der Waals surface area (Å²) in [5.41, 5.74) is 7.29. The zero-order valence-electron chi connectivity index (χ0n) is 9.61. The van der Waals surface area contributed by atoms with Crippen molar-refractivity contribution in [1.29, 1.82) is 0 Å². The van der Waals surface area contributed by atoms with E-state index in [2.05, 4.69) is 0 Å². The van der Waals surface area contributed by atoms with E-state index in [0.29, 0.717) is 23.6 Å². The predicted octanol–water partition coefficient (Wildman–Crippen LogP) is 3.39. The Kier molecular flexibility index (Phi) is 3.40. The second-order valence-electron chi connectivity index (χ2n) is 3.92. The van der Waals surface area contributed by atoms with E-state index in [-0.39, 0.29) is 5.82 Å². The largest absolute Gasteiger partial charge is 0.457 e. The van der Waals surface area contributed by atoms with Crippen molar-refractivity contribution in [3.63, 3.8) is 0 Å². The van der Waals surface area contributed by atoms with Crippen LogP contribution in [0.2, 0.25) is 0 Å². The van der Waals surface area contributed by atoms with Gasteiger partial charge >= 0.3 is 0 Å². The SMILES string of the molecule is Cc1cccc(Oc2cc(F)cc(CN)c2)c1. The first-order valence-electron chi connectivity index (χ1n) is 5.41. The Hall–Kier alpha value is -1.87. The lowest BCUT2D eigenvalue weighted by Crippen LogP contribution is -1.97. The van der Waals surface area contributed by atoms with Crippen molar-refractivity contribution in [3.8, 4) is 11.5 Å². The molecule has 2 aromatic carbocycles. The molecule has 0 amide bonds. The fourth-order valence-corrected chi connectivity index (χ4v) is 1.61. The molecule has 0 fully saturated rings. The van der Waals surface area contributed by atoms with Gasteiger partial charge in [-0.1, -0.05) is 12.1 Å². The fourth-order valence-electron chi connectivity index (χ4n) is 1.61. The van der Waals surface area contributed by atoms with Gasteiger partial charge in [-0.2, -0.15) is 0 Å². The number of ether oxygens (including phenoxy) is 1. The van der Waals surface area contributed by atoms with E-state index < -0.39 is 0 Å². The molecule has 0 aliphatic heterocycles. The first-order valence-corrected chi connectivity index (χ1v) is 5.41. The Morgan fingerprint density at radius 1 is 1.12 bits per heavy atom. The summed E-state index contributed by atoms with van der Waals surface area (Å²) in [6.45, 7) is 2.27. The monoisotopic (exact) mass is 231 g/mol. The molecule has 0 saturated heterocycles. The zero-order chi connectivity index (χ0) is 12.3. The van der Waals surface area contributed by atoms with Gasteiger partial charge < -0.3 is 10.5 Å². The van der Waals surface area contributed by atoms with Gasteiger partial charge in [0.05, 0.1) is 0 Å². The van der Waals surface area contributed by atoms with Crippen molar-refractivity contribution in [3.05, 3.63) is 59.4 Å². The molecule has 0 spiro atoms. The summed E-state index contributed by atoms with van der Waals surface area (Å²) in [7, 11) is 0. The lowest BCUT2D eigenvalue weighted by molar-refractivity contribution is 0.475. The van der Waals surface area contributed by atoms with Crippen molar-refractivity contribution in [2.75, 3.05) is 0 Å². The van der Waals surface area contributed by atoms with Crippen LogP contribution in [0.15, 0.2) is 42.5 Å². The van der Waals surface area contributed by atoms with Crippen LogP contribution >= 0.6 is 0 Å². The molecule has 3 heteroatoms. The van der Waals surface area contributed by atoms with E-state index in [4.69, 9.17) is 10.5 Å². The maximum Gasteiger partial charge on any atom is 0.130 e. The Morgan fingerprint density at radius 3 is 2.65 bits per heavy atom. The fraction of sp³-hybridized carbons (Fsp3) is 0.143. The highest BCUT2D eigenvalue weighted by Gasteiger charge is 2.02. The molecule has 0 atom stereocenters. The molecule has 17 heavy (non-hydrogen) atoms. The molecule has 0 aliphatic carbocycles. The second kappa shape index (κ2) is 4.97. The average molecular weight is 231 g/mol. The van der Waals surface area contributed by atoms with Crippen LogP contribution in [-0.4, -0.2) is 0 Å². The molecule has 0 aromatic heterocycles. The normalized spacial score (nSPS) is 10.3. The summed E-state index contributed by atoms with van der Waals surface area (Å²) >= 11 is 0. The van der Waals surface area contributed by atoms with Crippen molar-refractivity contribution >= 4 is 0 Å². The quantitative estimate of drug-likeness (QED) is 0.878. The predicted molar refractivity (Wildman–Crippen MR) is 65.5 cm³/mol. The lowest BCUT2D eigenvalue weighted by Gasteiger charge is -2.08. The molecule has 88 valence electrons. The summed E-state index contributed by atoms with van der Waals surface area (Å²) in [4.78, 5) is 0. The van der Waals surface area contributed by atoms with Crippen LogP contribution in [-0.2, 0) is 6.54 Å². The van der Waals surface area contributed by atoms with Crippen LogP contribution in [0.1, 0.15) is 11.1 Å². The third-order valence-corrected chi connectivity index (χ3v) is 2.39. The van der Waals surface area contributed by atoms with E-state index in [9.17, 15) is 4.39 Å². The van der Waals surface area contributed by atoms with Gasteiger partial charge in [0.15, 0.2) is 0 Å². The minimum atomic E-state index is -0.337. The van der Waals surface area contributed by atoms with Gasteiger partial charge in [0.2, 0.25) is 0 Å². The molecule has 0 aliphatic rings. The highest BCUT2D eigenvalue weighted by atomic mass is 19.1. The van der Waals surface area contributed by atoms with Gasteiger partial charge in [0.25, 0.3) is 0 Å². The summed E-state index contributed by atoms with van der Waals surface area (Å²) in [5.74, 6) is 0.824. The Bertz CT molecular complexity index is 525. The highest BCUT2D eigenvalue weighted by Crippen LogP contribution is 2.24. The molecule has 2 nitrogen and oxygen atoms in total. The van der Waals surface area contributed by atoms with E-state index in [0.717, 1.165) is 5.56 Å². The minimum absolute atomic E-state index is 0.294. The van der Waals surface area contributed by atoms with Gasteiger partial charge in [0, 0.05) is 12.6 Å². The van der Waals surface area contributed by atoms with Crippen molar-refractivity contribution in [2.45, 2.75) is 13.5 Å². The van der Waals surface area contributed by atoms with Gasteiger partial charge in [-0.05, 0) is 42.3 Å². The number of hydrogen-bond donors (Lipinski definition) is 1. The lowest BCUT2D eigenvalue weighted by atomic mass is 10.2. The number of nitrogens with two attached hydrogens (primary N) is 1. The molecule has 0 saturated carbocycles. The van der Waals surface area contributed by atoms with Gasteiger partial charge in [-0.15, -0.1) is 0 Å². The standard InChI is InChI=1S/C14H14FNO/c1-10-3-2-4-13(5-10)17-14-7-11(9-16)6-12(15)8-14/h2-8H,9,16H2,1H3. The molecular formula is C14H14FNO. The van der Waals surface area contributed by atoms with E-state index in [1.807, 2.05) is 31.2 Å². The molecule has 2 rings (SSSR count). The molecule has 0 radical (unpaired) electrons. The molecular weight excluding hydrogens is 217 g/mol. The van der Waals surface area contributed by atoms with Crippen molar-refractivity contribution in [1.82, 2.24) is 0 Å². The van der Waals surface area contributed by atoms with Gasteiger partial charge in [-0.25, -0.2) is 4.39 Å². The smallest absolute Gasteiger partial charge is 0.130 e. The third-order valence-electron chi connectivity index (χ3n) is 2.39. The Morgan fingerprint density at radius 2 is 1.94 bits per heavy atom. The van der Waals surface area contributed by atoms with Crippen LogP contribution in [0.25, 0.3) is 0 Å². The topological polar surface area (TPSA) is 35.2 Å². The molecule has 0 bridgehead atoms. The van der Waals surface area contributed by atoms with E-state index >= 15 is 0 Å². The zero-order valence-corrected chi connectivity index (χ0v) is 9.61. The molecule has 2 aromatic rings. The van der Waals surface area contributed by atoms with Gasteiger partial charge in [0.1, 0.15) is 17.3 Å². The van der Waals surface area contributed by atoms with E-state index in [1.54, 1.807) is 6.07 Å². The minimum Gasteiger partial charge on any atom is -0.457 e. The van der Waals surface area contributed by atoms with Crippen molar-refractivity contribution < 1.29 is 9.13 Å². The second-order valence-corrected chi connectivity index (χ2v) is 3.92. The highest BCUT2D eigenvalue weighted by molar-refractivity contribution is 5.36. The van der Waals surface area contributed by atoms with Crippen LogP contribution in [0.4, 0.5) is 4.39 Å². The first kappa shape index (κ1) is 11.6. The Labute approximate surface area is 99.8 Å². The number of rotatable bonds is 3. The summed E-state index contributed by atoms with van der Waals surface area (Å²) in [5, 5.41) is 0. The number of aryl methyl sites for hydroxylation is 1.